The van der Waals surface area contributed by atoms with Gasteiger partial charge >= 0.3 is 81.5 Å². The van der Waals surface area contributed by atoms with Crippen LogP contribution >= 0.6 is 0 Å². The van der Waals surface area contributed by atoms with Crippen LogP contribution in [-0.2, 0) is 9.59 Å². The van der Waals surface area contributed by atoms with E-state index in [2.05, 4.69) is 41.5 Å². The molecule has 0 aliphatic carbocycles. The second-order valence-corrected chi connectivity index (χ2v) is 15.4. The molecular weight excluding hydrogens is 343 g/mol. The molecular formula is C12H24O5Sn. The van der Waals surface area contributed by atoms with Gasteiger partial charge < -0.3 is 15.3 Å². The van der Waals surface area contributed by atoms with Gasteiger partial charge in [0.2, 0.25) is 0 Å². The molecule has 0 amide bonds. The van der Waals surface area contributed by atoms with Crippen LogP contribution in [0.5, 0.6) is 0 Å². The molecule has 0 heterocycles. The molecule has 0 saturated heterocycles. The van der Waals surface area contributed by atoms with Crippen molar-refractivity contribution in [1.82, 2.24) is 0 Å². The summed E-state index contributed by atoms with van der Waals surface area (Å²) in [6.45, 7) is 14.2. The molecule has 0 rings (SSSR count). The van der Waals surface area contributed by atoms with Gasteiger partial charge in [-0.3, -0.25) is 4.79 Å². The standard InChI is InChI=1S/C4H6O5.2C4H9.Sn/c5-2(4(8)9)1-3(6)7;2*1-4(2)3;/h2,5H,1H2,(H,6,7)(H,8,9);2*1-3H3;. The molecule has 2 radical (unpaired) electrons. The third-order valence-corrected chi connectivity index (χ3v) is 5.68. The molecule has 0 aliphatic rings. The summed E-state index contributed by atoms with van der Waals surface area (Å²) in [5, 5.41) is 24.1. The van der Waals surface area contributed by atoms with Crippen LogP contribution in [-0.4, -0.2) is 54.5 Å². The van der Waals surface area contributed by atoms with Crippen LogP contribution in [0.1, 0.15) is 48.0 Å². The second-order valence-electron chi connectivity index (χ2n) is 6.08. The van der Waals surface area contributed by atoms with Gasteiger partial charge in [0, 0.05) is 0 Å². The van der Waals surface area contributed by atoms with Gasteiger partial charge in [0.25, 0.3) is 0 Å². The van der Waals surface area contributed by atoms with E-state index in [9.17, 15) is 9.59 Å². The van der Waals surface area contributed by atoms with Crippen molar-refractivity contribution in [3.05, 3.63) is 0 Å². The Kier molecular flexibility index (Phi) is 8.89. The summed E-state index contributed by atoms with van der Waals surface area (Å²) in [6, 6.07) is 0. The van der Waals surface area contributed by atoms with Crippen molar-refractivity contribution in [3.8, 4) is 0 Å². The maximum absolute atomic E-state index is 9.72. The minimum atomic E-state index is -1.79. The zero-order valence-electron chi connectivity index (χ0n) is 11.9. The minimum absolute atomic E-state index is 0.182. The van der Waals surface area contributed by atoms with E-state index >= 15 is 0 Å². The van der Waals surface area contributed by atoms with E-state index in [-0.39, 0.29) is 21.1 Å². The second kappa shape index (κ2) is 7.99. The zero-order valence-corrected chi connectivity index (χ0v) is 14.8. The number of carbonyl (C=O) groups is 2. The van der Waals surface area contributed by atoms with Gasteiger partial charge in [0.1, 0.15) is 0 Å². The first-order valence-electron chi connectivity index (χ1n) is 5.66. The van der Waals surface area contributed by atoms with Gasteiger partial charge in [0.05, 0.1) is 6.42 Å². The molecule has 0 bridgehead atoms. The quantitative estimate of drug-likeness (QED) is 0.664. The molecule has 1 unspecified atom stereocenters. The topological polar surface area (TPSA) is 94.8 Å². The molecule has 0 aromatic carbocycles. The fourth-order valence-corrected chi connectivity index (χ4v) is 7.80. The molecule has 0 aliphatic heterocycles. The Morgan fingerprint density at radius 2 is 1.33 bits per heavy atom. The average molecular weight is 367 g/mol. The Labute approximate surface area is 119 Å². The van der Waals surface area contributed by atoms with Gasteiger partial charge in [-0.1, -0.05) is 0 Å². The third-order valence-electron chi connectivity index (χ3n) is 1.40. The van der Waals surface area contributed by atoms with Crippen LogP contribution < -0.4 is 0 Å². The summed E-state index contributed by atoms with van der Waals surface area (Å²) in [5.41, 5.74) is 0. The van der Waals surface area contributed by atoms with E-state index in [4.69, 9.17) is 15.3 Å². The number of carboxylic acids is 2. The maximum Gasteiger partial charge on any atom is 0.333 e. The smallest absolute Gasteiger partial charge is 0.333 e. The van der Waals surface area contributed by atoms with Crippen molar-refractivity contribution >= 4 is 33.1 Å². The Balaban J connectivity index is 0. The van der Waals surface area contributed by atoms with Gasteiger partial charge in [-0.25, -0.2) is 4.79 Å². The molecule has 106 valence electrons. The van der Waals surface area contributed by atoms with Crippen LogP contribution in [0.25, 0.3) is 0 Å². The van der Waals surface area contributed by atoms with Gasteiger partial charge in [0.15, 0.2) is 6.10 Å². The molecule has 1 atom stereocenters. The minimum Gasteiger partial charge on any atom is -0.481 e. The van der Waals surface area contributed by atoms with Crippen molar-refractivity contribution < 1.29 is 24.9 Å². The third kappa shape index (κ3) is 18.1. The number of carboxylic acid groups (broad SMARTS) is 2. The first-order chi connectivity index (χ1) is 7.74. The fraction of sp³-hybridized carbons (Fsp3) is 0.833. The van der Waals surface area contributed by atoms with E-state index in [0.29, 0.717) is 6.86 Å². The first kappa shape index (κ1) is 20.0. The predicted octanol–water partition coefficient (Wildman–Crippen LogP) is 2.03. The van der Waals surface area contributed by atoms with Gasteiger partial charge in [-0.05, 0) is 0 Å². The molecule has 6 heteroatoms. The molecule has 0 saturated carbocycles. The van der Waals surface area contributed by atoms with Crippen molar-refractivity contribution in [2.24, 2.45) is 0 Å². The summed E-state index contributed by atoms with van der Waals surface area (Å²) >= 11 is -0.182. The van der Waals surface area contributed by atoms with Gasteiger partial charge in [-0.15, -0.1) is 0 Å². The first-order valence-corrected chi connectivity index (χ1v) is 8.52. The molecule has 0 fully saturated rings. The van der Waals surface area contributed by atoms with Crippen molar-refractivity contribution in [2.45, 2.75) is 60.9 Å². The summed E-state index contributed by atoms with van der Waals surface area (Å²) in [6.07, 6.45) is -2.54. The molecule has 0 spiro atoms. The zero-order chi connectivity index (χ0) is 15.1. The molecule has 5 nitrogen and oxygen atoms in total. The molecule has 0 aromatic rings. The van der Waals surface area contributed by atoms with Crippen LogP contribution in [0.4, 0.5) is 0 Å². The number of rotatable bonds is 3. The van der Waals surface area contributed by atoms with Crippen LogP contribution in [0.15, 0.2) is 0 Å². The Morgan fingerprint density at radius 1 is 1.00 bits per heavy atom. The van der Waals surface area contributed by atoms with Crippen molar-refractivity contribution in [2.75, 3.05) is 0 Å². The molecule has 0 aromatic heterocycles. The van der Waals surface area contributed by atoms with Crippen molar-refractivity contribution in [3.63, 3.8) is 0 Å². The fourth-order valence-electron chi connectivity index (χ4n) is 1.38. The van der Waals surface area contributed by atoms with E-state index in [1.807, 2.05) is 0 Å². The largest absolute Gasteiger partial charge is 0.481 e. The predicted molar refractivity (Wildman–Crippen MR) is 71.1 cm³/mol. The Bertz CT molecular complexity index is 263. The van der Waals surface area contributed by atoms with Crippen LogP contribution in [0.3, 0.4) is 0 Å². The Morgan fingerprint density at radius 3 is 1.39 bits per heavy atom. The van der Waals surface area contributed by atoms with E-state index in [1.165, 1.54) is 0 Å². The summed E-state index contributed by atoms with van der Waals surface area (Å²) in [4.78, 5) is 19.4. The number of hydrogen-bond donors (Lipinski definition) is 3. The van der Waals surface area contributed by atoms with E-state index < -0.39 is 24.5 Å². The number of hydrogen-bond acceptors (Lipinski definition) is 3. The van der Waals surface area contributed by atoms with Crippen LogP contribution in [0, 0.1) is 0 Å². The Hall–Kier alpha value is -0.301. The molecule has 3 N–H and O–H groups in total. The summed E-state index contributed by atoms with van der Waals surface area (Å²) < 4.78 is 1.31. The number of aliphatic hydroxyl groups is 1. The normalized spacial score (nSPS) is 13.3. The monoisotopic (exact) mass is 368 g/mol. The number of aliphatic carboxylic acids is 2. The van der Waals surface area contributed by atoms with Crippen molar-refractivity contribution in [1.29, 1.82) is 0 Å². The maximum atomic E-state index is 9.72. The SMILES string of the molecule is C[C](C)(C)[Sn][C](C)(C)C.O=C(O)CC(O)C(=O)O. The van der Waals surface area contributed by atoms with E-state index in [1.54, 1.807) is 0 Å². The summed E-state index contributed by atoms with van der Waals surface area (Å²) in [5.74, 6) is -2.85. The van der Waals surface area contributed by atoms with Crippen LogP contribution in [0.2, 0.25) is 6.86 Å². The van der Waals surface area contributed by atoms with Gasteiger partial charge in [-0.2, -0.15) is 0 Å². The number of aliphatic hydroxyl groups excluding tert-OH is 1. The summed E-state index contributed by atoms with van der Waals surface area (Å²) in [7, 11) is 0. The molecule has 18 heavy (non-hydrogen) atoms. The average Bonchev–Trinajstić information content (AvgIpc) is 1.95. The van der Waals surface area contributed by atoms with E-state index in [0.717, 1.165) is 0 Å².